The van der Waals surface area contributed by atoms with Crippen molar-refractivity contribution in [3.63, 3.8) is 0 Å². The molecule has 2 N–H and O–H groups in total. The lowest BCUT2D eigenvalue weighted by Crippen LogP contribution is -2.25. The SMILES string of the molecule is CCC(C)(C)c1cc(C(=O)O)c(CCCF)c(C(C)(C)CC)c1O. The van der Waals surface area contributed by atoms with E-state index in [0.29, 0.717) is 23.1 Å². The molecule has 0 radical (unpaired) electrons. The molecule has 136 valence electrons. The third kappa shape index (κ3) is 3.90. The van der Waals surface area contributed by atoms with E-state index in [9.17, 15) is 19.4 Å². The Bertz CT molecular complexity index is 603. The molecule has 24 heavy (non-hydrogen) atoms. The summed E-state index contributed by atoms with van der Waals surface area (Å²) in [4.78, 5) is 11.9. The molecule has 0 unspecified atom stereocenters. The van der Waals surface area contributed by atoms with E-state index in [-0.39, 0.29) is 28.6 Å². The zero-order valence-corrected chi connectivity index (χ0v) is 15.8. The molecule has 0 aliphatic rings. The van der Waals surface area contributed by atoms with Gasteiger partial charge in [0.2, 0.25) is 0 Å². The van der Waals surface area contributed by atoms with Gasteiger partial charge in [-0.25, -0.2) is 4.79 Å². The number of carboxylic acid groups (broad SMARTS) is 1. The lowest BCUT2D eigenvalue weighted by Gasteiger charge is -2.33. The quantitative estimate of drug-likeness (QED) is 0.670. The Morgan fingerprint density at radius 3 is 2.08 bits per heavy atom. The van der Waals surface area contributed by atoms with Crippen molar-refractivity contribution in [2.24, 2.45) is 0 Å². The minimum atomic E-state index is -1.02. The van der Waals surface area contributed by atoms with E-state index in [2.05, 4.69) is 0 Å². The van der Waals surface area contributed by atoms with E-state index in [1.165, 1.54) is 0 Å². The summed E-state index contributed by atoms with van der Waals surface area (Å²) in [6, 6.07) is 1.59. The summed E-state index contributed by atoms with van der Waals surface area (Å²) in [5, 5.41) is 20.7. The Labute approximate surface area is 144 Å². The number of carboxylic acids is 1. The summed E-state index contributed by atoms with van der Waals surface area (Å²) in [5.74, 6) is -0.849. The molecule has 4 heteroatoms. The monoisotopic (exact) mass is 338 g/mol. The first-order valence-corrected chi connectivity index (χ1v) is 8.72. The van der Waals surface area contributed by atoms with Gasteiger partial charge in [-0.2, -0.15) is 0 Å². The van der Waals surface area contributed by atoms with Crippen molar-refractivity contribution in [2.75, 3.05) is 6.67 Å². The van der Waals surface area contributed by atoms with Crippen LogP contribution in [0.15, 0.2) is 6.07 Å². The minimum Gasteiger partial charge on any atom is -0.507 e. The number of halogens is 1. The van der Waals surface area contributed by atoms with Crippen LogP contribution in [0.4, 0.5) is 4.39 Å². The van der Waals surface area contributed by atoms with Crippen LogP contribution in [-0.4, -0.2) is 22.9 Å². The fraction of sp³-hybridized carbons (Fsp3) is 0.650. The van der Waals surface area contributed by atoms with Gasteiger partial charge in [-0.05, 0) is 48.1 Å². The van der Waals surface area contributed by atoms with Crippen LogP contribution >= 0.6 is 0 Å². The Morgan fingerprint density at radius 2 is 1.67 bits per heavy atom. The number of aromatic carboxylic acids is 1. The molecule has 0 spiro atoms. The number of phenolic OH excluding ortho intramolecular Hbond substituents is 1. The summed E-state index contributed by atoms with van der Waals surface area (Å²) in [6.07, 6.45) is 2.09. The second-order valence-corrected chi connectivity index (χ2v) is 7.75. The predicted octanol–water partition coefficient (Wildman–Crippen LogP) is 5.37. The summed E-state index contributed by atoms with van der Waals surface area (Å²) >= 11 is 0. The predicted molar refractivity (Wildman–Crippen MR) is 96.0 cm³/mol. The first kappa shape index (κ1) is 20.5. The van der Waals surface area contributed by atoms with E-state index in [1.54, 1.807) is 6.07 Å². The molecule has 0 fully saturated rings. The van der Waals surface area contributed by atoms with Gasteiger partial charge >= 0.3 is 5.97 Å². The summed E-state index contributed by atoms with van der Waals surface area (Å²) in [5.41, 5.74) is 1.35. The molecule has 0 aliphatic heterocycles. The number of rotatable bonds is 8. The molecule has 1 rings (SSSR count). The van der Waals surface area contributed by atoms with Crippen LogP contribution in [0.3, 0.4) is 0 Å². The van der Waals surface area contributed by atoms with Crippen LogP contribution in [0.2, 0.25) is 0 Å². The molecular formula is C20H31FO3. The zero-order valence-electron chi connectivity index (χ0n) is 15.8. The lowest BCUT2D eigenvalue weighted by atomic mass is 9.72. The van der Waals surface area contributed by atoms with Crippen LogP contribution in [0, 0.1) is 0 Å². The van der Waals surface area contributed by atoms with Crippen molar-refractivity contribution in [3.05, 3.63) is 28.3 Å². The third-order valence-corrected chi connectivity index (χ3v) is 5.37. The van der Waals surface area contributed by atoms with Gasteiger partial charge in [0.1, 0.15) is 5.75 Å². The highest BCUT2D eigenvalue weighted by Crippen LogP contribution is 2.45. The van der Waals surface area contributed by atoms with Crippen LogP contribution < -0.4 is 0 Å². The van der Waals surface area contributed by atoms with Crippen molar-refractivity contribution in [1.29, 1.82) is 0 Å². The van der Waals surface area contributed by atoms with Crippen molar-refractivity contribution in [1.82, 2.24) is 0 Å². The second kappa shape index (κ2) is 7.54. The number of alkyl halides is 1. The van der Waals surface area contributed by atoms with Crippen molar-refractivity contribution in [3.8, 4) is 5.75 Å². The molecule has 0 amide bonds. The van der Waals surface area contributed by atoms with Gasteiger partial charge in [-0.3, -0.25) is 4.39 Å². The second-order valence-electron chi connectivity index (χ2n) is 7.75. The first-order valence-electron chi connectivity index (χ1n) is 8.72. The van der Waals surface area contributed by atoms with Gasteiger partial charge in [0, 0.05) is 11.1 Å². The van der Waals surface area contributed by atoms with Crippen LogP contribution in [-0.2, 0) is 17.3 Å². The largest absolute Gasteiger partial charge is 0.507 e. The van der Waals surface area contributed by atoms with Crippen LogP contribution in [0.5, 0.6) is 5.75 Å². The zero-order chi connectivity index (χ0) is 18.7. The molecule has 0 atom stereocenters. The van der Waals surface area contributed by atoms with Crippen molar-refractivity contribution < 1.29 is 19.4 Å². The van der Waals surface area contributed by atoms with Crippen LogP contribution in [0.25, 0.3) is 0 Å². The Hall–Kier alpha value is -1.58. The van der Waals surface area contributed by atoms with E-state index in [1.807, 2.05) is 41.5 Å². The summed E-state index contributed by atoms with van der Waals surface area (Å²) < 4.78 is 12.7. The number of phenols is 1. The standard InChI is InChI=1S/C20H31FO3/c1-7-19(3,4)15-12-14(18(23)24)13(10-9-11-21)16(17(15)22)20(5,6)8-2/h12,22H,7-11H2,1-6H3,(H,23,24). The maximum Gasteiger partial charge on any atom is 0.335 e. The highest BCUT2D eigenvalue weighted by atomic mass is 19.1. The number of hydrogen-bond acceptors (Lipinski definition) is 2. The van der Waals surface area contributed by atoms with E-state index >= 15 is 0 Å². The molecule has 0 bridgehead atoms. The molecule has 3 nitrogen and oxygen atoms in total. The topological polar surface area (TPSA) is 57.5 Å². The molecule has 0 aromatic heterocycles. The molecule has 0 saturated heterocycles. The van der Waals surface area contributed by atoms with Gasteiger partial charge in [0.25, 0.3) is 0 Å². The Kier molecular flexibility index (Phi) is 6.43. The van der Waals surface area contributed by atoms with Crippen LogP contribution in [0.1, 0.15) is 87.9 Å². The Balaban J connectivity index is 3.87. The van der Waals surface area contributed by atoms with Gasteiger partial charge in [-0.15, -0.1) is 0 Å². The normalized spacial score (nSPS) is 12.5. The molecule has 1 aromatic rings. The van der Waals surface area contributed by atoms with E-state index in [4.69, 9.17) is 0 Å². The molecule has 0 aliphatic carbocycles. The minimum absolute atomic E-state index is 0.174. The lowest BCUT2D eigenvalue weighted by molar-refractivity contribution is 0.0695. The fourth-order valence-electron chi connectivity index (χ4n) is 3.02. The highest BCUT2D eigenvalue weighted by molar-refractivity contribution is 5.91. The summed E-state index contributed by atoms with van der Waals surface area (Å²) in [6.45, 7) is 11.5. The fourth-order valence-corrected chi connectivity index (χ4v) is 3.02. The Morgan fingerprint density at radius 1 is 1.12 bits per heavy atom. The van der Waals surface area contributed by atoms with Gasteiger partial charge in [-0.1, -0.05) is 41.5 Å². The highest BCUT2D eigenvalue weighted by Gasteiger charge is 2.34. The first-order chi connectivity index (χ1) is 11.0. The van der Waals surface area contributed by atoms with E-state index in [0.717, 1.165) is 12.8 Å². The van der Waals surface area contributed by atoms with Gasteiger partial charge in [0.05, 0.1) is 12.2 Å². The van der Waals surface area contributed by atoms with Gasteiger partial charge < -0.3 is 10.2 Å². The molecule has 0 heterocycles. The number of benzene rings is 1. The maximum atomic E-state index is 12.7. The average molecular weight is 338 g/mol. The third-order valence-electron chi connectivity index (χ3n) is 5.37. The molecule has 1 aromatic carbocycles. The molecular weight excluding hydrogens is 307 g/mol. The number of aromatic hydroxyl groups is 1. The van der Waals surface area contributed by atoms with Gasteiger partial charge in [0.15, 0.2) is 0 Å². The number of hydrogen-bond donors (Lipinski definition) is 2. The number of carbonyl (C=O) groups is 1. The van der Waals surface area contributed by atoms with Crippen molar-refractivity contribution >= 4 is 5.97 Å². The average Bonchev–Trinajstić information content (AvgIpc) is 2.51. The molecule has 0 saturated carbocycles. The van der Waals surface area contributed by atoms with E-state index < -0.39 is 12.6 Å². The maximum absolute atomic E-state index is 12.7. The smallest absolute Gasteiger partial charge is 0.335 e. The van der Waals surface area contributed by atoms with Crippen molar-refractivity contribution in [2.45, 2.75) is 78.1 Å². The summed E-state index contributed by atoms with van der Waals surface area (Å²) in [7, 11) is 0.